The van der Waals surface area contributed by atoms with E-state index in [4.69, 9.17) is 4.98 Å². The molecule has 0 saturated carbocycles. The lowest BCUT2D eigenvalue weighted by atomic mass is 9.98. The molecule has 3 amide bonds. The van der Waals surface area contributed by atoms with Crippen molar-refractivity contribution in [2.75, 3.05) is 17.2 Å². The first-order chi connectivity index (χ1) is 14.4. The van der Waals surface area contributed by atoms with Crippen molar-refractivity contribution in [2.24, 2.45) is 0 Å². The van der Waals surface area contributed by atoms with E-state index in [0.717, 1.165) is 22.2 Å². The molecular formula is C23H26N4O3. The molecule has 0 radical (unpaired) electrons. The number of hydrogen-bond donors (Lipinski definition) is 4. The molecule has 0 aliphatic heterocycles. The number of benzene rings is 2. The quantitative estimate of drug-likeness (QED) is 0.496. The Morgan fingerprint density at radius 3 is 2.50 bits per heavy atom. The zero-order valence-corrected chi connectivity index (χ0v) is 17.3. The average Bonchev–Trinajstić information content (AvgIpc) is 2.72. The molecule has 0 spiro atoms. The van der Waals surface area contributed by atoms with Gasteiger partial charge in [0.2, 0.25) is 5.91 Å². The summed E-state index contributed by atoms with van der Waals surface area (Å²) in [5.74, 6) is -0.191. The fourth-order valence-corrected chi connectivity index (χ4v) is 3.26. The number of aryl methyl sites for hydroxylation is 1. The van der Waals surface area contributed by atoms with Crippen LogP contribution in [0.3, 0.4) is 0 Å². The van der Waals surface area contributed by atoms with Crippen LogP contribution in [0.1, 0.15) is 26.0 Å². The number of urea groups is 1. The summed E-state index contributed by atoms with van der Waals surface area (Å²) in [6, 6.07) is 14.7. The van der Waals surface area contributed by atoms with Gasteiger partial charge < -0.3 is 21.1 Å². The summed E-state index contributed by atoms with van der Waals surface area (Å²) in [7, 11) is 0. The number of fused-ring (bicyclic) bond motifs is 1. The Morgan fingerprint density at radius 1 is 1.10 bits per heavy atom. The Labute approximate surface area is 175 Å². The van der Waals surface area contributed by atoms with E-state index in [0.29, 0.717) is 23.3 Å². The van der Waals surface area contributed by atoms with Gasteiger partial charge in [-0.25, -0.2) is 4.79 Å². The number of hydrogen-bond acceptors (Lipinski definition) is 4. The van der Waals surface area contributed by atoms with Gasteiger partial charge in [0.1, 0.15) is 0 Å². The first kappa shape index (κ1) is 21.3. The van der Waals surface area contributed by atoms with Crippen LogP contribution in [0.5, 0.6) is 0 Å². The number of nitrogens with zero attached hydrogens (tertiary/aromatic N) is 1. The number of nitrogens with one attached hydrogen (secondary N) is 3. The van der Waals surface area contributed by atoms with Gasteiger partial charge in [0.05, 0.1) is 17.3 Å². The maximum absolute atomic E-state index is 12.2. The van der Waals surface area contributed by atoms with Crippen molar-refractivity contribution in [1.29, 1.82) is 0 Å². The third-order valence-electron chi connectivity index (χ3n) is 4.76. The van der Waals surface area contributed by atoms with E-state index in [1.54, 1.807) is 18.2 Å². The topological polar surface area (TPSA) is 103 Å². The number of carbonyl (C=O) groups is 2. The van der Waals surface area contributed by atoms with E-state index in [2.05, 4.69) is 16.0 Å². The number of carbonyl (C=O) groups excluding carboxylic acids is 2. The molecule has 1 unspecified atom stereocenters. The van der Waals surface area contributed by atoms with Crippen LogP contribution in [0.4, 0.5) is 16.2 Å². The van der Waals surface area contributed by atoms with Gasteiger partial charge in [-0.3, -0.25) is 9.78 Å². The first-order valence-corrected chi connectivity index (χ1v) is 9.89. The standard InChI is InChI=1S/C23H26N4O3/c1-4-18(29)13-24-23(30)27-17-10-11-20-19(12-17)22(26-15(3)28)21(14(2)25-20)16-8-6-5-7-9-16/h5-12,18,29H,4,13H2,1-3H3,(H2,24,27,30)(H,25,26,28). The fourth-order valence-electron chi connectivity index (χ4n) is 3.26. The van der Waals surface area contributed by atoms with Crippen molar-refractivity contribution < 1.29 is 14.7 Å². The van der Waals surface area contributed by atoms with E-state index in [9.17, 15) is 14.7 Å². The maximum Gasteiger partial charge on any atom is 0.319 e. The number of rotatable bonds is 6. The molecule has 0 aliphatic carbocycles. The predicted octanol–water partition coefficient (Wildman–Crippen LogP) is 4.06. The third kappa shape index (κ3) is 4.93. The summed E-state index contributed by atoms with van der Waals surface area (Å²) >= 11 is 0. The molecule has 1 heterocycles. The average molecular weight is 406 g/mol. The van der Waals surface area contributed by atoms with Crippen LogP contribution in [0.15, 0.2) is 48.5 Å². The highest BCUT2D eigenvalue weighted by Gasteiger charge is 2.16. The molecule has 0 bridgehead atoms. The van der Waals surface area contributed by atoms with Gasteiger partial charge in [-0.2, -0.15) is 0 Å². The molecular weight excluding hydrogens is 380 g/mol. The summed E-state index contributed by atoms with van der Waals surface area (Å²) in [5.41, 5.74) is 4.50. The normalized spacial score (nSPS) is 11.7. The minimum absolute atomic E-state index is 0.173. The van der Waals surface area contributed by atoms with E-state index < -0.39 is 12.1 Å². The van der Waals surface area contributed by atoms with Gasteiger partial charge in [0.25, 0.3) is 0 Å². The summed E-state index contributed by atoms with van der Waals surface area (Å²) in [5, 5.41) is 18.7. The van der Waals surface area contributed by atoms with E-state index in [-0.39, 0.29) is 12.5 Å². The van der Waals surface area contributed by atoms with E-state index in [1.807, 2.05) is 44.2 Å². The summed E-state index contributed by atoms with van der Waals surface area (Å²) in [6.45, 7) is 5.39. The van der Waals surface area contributed by atoms with Crippen molar-refractivity contribution in [3.63, 3.8) is 0 Å². The molecule has 7 nitrogen and oxygen atoms in total. The zero-order valence-electron chi connectivity index (χ0n) is 17.3. The predicted molar refractivity (Wildman–Crippen MR) is 120 cm³/mol. The second-order valence-corrected chi connectivity index (χ2v) is 7.12. The van der Waals surface area contributed by atoms with Crippen LogP contribution in [-0.4, -0.2) is 34.7 Å². The minimum atomic E-state index is -0.584. The number of anilines is 2. The highest BCUT2D eigenvalue weighted by molar-refractivity contribution is 6.08. The lowest BCUT2D eigenvalue weighted by Crippen LogP contribution is -2.34. The molecule has 1 atom stereocenters. The number of aliphatic hydroxyl groups is 1. The Balaban J connectivity index is 2.03. The second kappa shape index (κ2) is 9.37. The third-order valence-corrected chi connectivity index (χ3v) is 4.76. The molecule has 1 aromatic heterocycles. The molecule has 4 N–H and O–H groups in total. The maximum atomic E-state index is 12.2. The monoisotopic (exact) mass is 406 g/mol. The second-order valence-electron chi connectivity index (χ2n) is 7.12. The van der Waals surface area contributed by atoms with Crippen LogP contribution in [0.2, 0.25) is 0 Å². The molecule has 3 rings (SSSR count). The van der Waals surface area contributed by atoms with Crippen LogP contribution in [0, 0.1) is 6.92 Å². The minimum Gasteiger partial charge on any atom is -0.391 e. The number of aliphatic hydroxyl groups excluding tert-OH is 1. The smallest absolute Gasteiger partial charge is 0.319 e. The molecule has 30 heavy (non-hydrogen) atoms. The molecule has 2 aromatic carbocycles. The van der Waals surface area contributed by atoms with Gasteiger partial charge >= 0.3 is 6.03 Å². The van der Waals surface area contributed by atoms with Crippen LogP contribution in [0.25, 0.3) is 22.0 Å². The summed E-state index contributed by atoms with van der Waals surface area (Å²) in [6.07, 6.45) is -0.0248. The van der Waals surface area contributed by atoms with Crippen molar-refractivity contribution >= 4 is 34.2 Å². The van der Waals surface area contributed by atoms with Crippen molar-refractivity contribution in [1.82, 2.24) is 10.3 Å². The summed E-state index contributed by atoms with van der Waals surface area (Å²) < 4.78 is 0. The van der Waals surface area contributed by atoms with Crippen LogP contribution >= 0.6 is 0 Å². The molecule has 7 heteroatoms. The number of amides is 3. The molecule has 156 valence electrons. The summed E-state index contributed by atoms with van der Waals surface area (Å²) in [4.78, 5) is 28.8. The van der Waals surface area contributed by atoms with Crippen LogP contribution in [-0.2, 0) is 4.79 Å². The Bertz CT molecular complexity index is 1070. The van der Waals surface area contributed by atoms with Crippen molar-refractivity contribution in [3.8, 4) is 11.1 Å². The van der Waals surface area contributed by atoms with Gasteiger partial charge in [-0.15, -0.1) is 0 Å². The lowest BCUT2D eigenvalue weighted by Gasteiger charge is -2.17. The highest BCUT2D eigenvalue weighted by Crippen LogP contribution is 2.37. The zero-order chi connectivity index (χ0) is 21.7. The fraction of sp³-hybridized carbons (Fsp3) is 0.261. The molecule has 0 saturated heterocycles. The van der Waals surface area contributed by atoms with Gasteiger partial charge in [-0.05, 0) is 37.1 Å². The Hall–Kier alpha value is -3.45. The van der Waals surface area contributed by atoms with E-state index >= 15 is 0 Å². The number of pyridine rings is 1. The highest BCUT2D eigenvalue weighted by atomic mass is 16.3. The van der Waals surface area contributed by atoms with Crippen molar-refractivity contribution in [2.45, 2.75) is 33.3 Å². The van der Waals surface area contributed by atoms with Gasteiger partial charge in [-0.1, -0.05) is 37.3 Å². The van der Waals surface area contributed by atoms with Gasteiger partial charge in [0.15, 0.2) is 0 Å². The Morgan fingerprint density at radius 2 is 1.83 bits per heavy atom. The number of aromatic nitrogens is 1. The van der Waals surface area contributed by atoms with Crippen molar-refractivity contribution in [3.05, 3.63) is 54.2 Å². The SMILES string of the molecule is CCC(O)CNC(=O)Nc1ccc2nc(C)c(-c3ccccc3)c(NC(C)=O)c2c1. The molecule has 0 aliphatic rings. The lowest BCUT2D eigenvalue weighted by molar-refractivity contribution is -0.114. The first-order valence-electron chi connectivity index (χ1n) is 9.89. The Kier molecular flexibility index (Phi) is 6.64. The molecule has 0 fully saturated rings. The van der Waals surface area contributed by atoms with Gasteiger partial charge in [0, 0.05) is 35.8 Å². The van der Waals surface area contributed by atoms with E-state index in [1.165, 1.54) is 6.92 Å². The largest absolute Gasteiger partial charge is 0.391 e. The molecule has 3 aromatic rings. The van der Waals surface area contributed by atoms with Crippen LogP contribution < -0.4 is 16.0 Å².